The minimum Gasteiger partial charge on any atom is -0.326 e. The second-order valence-electron chi connectivity index (χ2n) is 7.02. The summed E-state index contributed by atoms with van der Waals surface area (Å²) in [4.78, 5) is 14.5. The van der Waals surface area contributed by atoms with Crippen LogP contribution in [0.25, 0.3) is 0 Å². The molecule has 0 unspecified atom stereocenters. The molecule has 0 radical (unpaired) electrons. The average Bonchev–Trinajstić information content (AvgIpc) is 2.82. The molecule has 1 aliphatic rings. The van der Waals surface area contributed by atoms with Gasteiger partial charge in [-0.1, -0.05) is 11.6 Å². The largest absolute Gasteiger partial charge is 0.417 e. The molecule has 2 atom stereocenters. The highest BCUT2D eigenvalue weighted by Gasteiger charge is 2.41. The van der Waals surface area contributed by atoms with E-state index in [0.29, 0.717) is 13.0 Å². The molecule has 24 heavy (non-hydrogen) atoms. The van der Waals surface area contributed by atoms with E-state index >= 15 is 0 Å². The summed E-state index contributed by atoms with van der Waals surface area (Å²) in [5, 5.41) is 2.15. The zero-order chi connectivity index (χ0) is 18.3. The first-order valence-electron chi connectivity index (χ1n) is 7.59. The molecule has 0 saturated carbocycles. The maximum absolute atomic E-state index is 12.9. The summed E-state index contributed by atoms with van der Waals surface area (Å²) < 4.78 is 38.7. The van der Waals surface area contributed by atoms with E-state index in [0.717, 1.165) is 12.1 Å². The number of anilines is 1. The molecule has 8 heteroatoms. The van der Waals surface area contributed by atoms with Gasteiger partial charge in [-0.25, -0.2) is 0 Å². The molecule has 1 heterocycles. The standard InChI is InChI=1S/C16H21ClF3N3O/c1-15(2,3)23-8-9(21)6-13(23)14(24)22-10-4-5-12(17)11(7-10)16(18,19)20/h4-5,7,9,13H,6,8,21H2,1-3H3,(H,22,24)/t9-,13-/m1/s1. The number of benzene rings is 1. The van der Waals surface area contributed by atoms with Crippen LogP contribution in [0.15, 0.2) is 18.2 Å². The molecule has 0 spiro atoms. The maximum atomic E-state index is 12.9. The number of alkyl halides is 3. The predicted molar refractivity (Wildman–Crippen MR) is 87.9 cm³/mol. The molecule has 0 aromatic heterocycles. The number of amides is 1. The van der Waals surface area contributed by atoms with E-state index in [4.69, 9.17) is 17.3 Å². The van der Waals surface area contributed by atoms with Gasteiger partial charge in [0.05, 0.1) is 16.6 Å². The summed E-state index contributed by atoms with van der Waals surface area (Å²) in [6.45, 7) is 6.47. The van der Waals surface area contributed by atoms with Gasteiger partial charge in [0, 0.05) is 23.8 Å². The van der Waals surface area contributed by atoms with Crippen molar-refractivity contribution in [2.45, 2.75) is 51.0 Å². The van der Waals surface area contributed by atoms with Gasteiger partial charge in [0.1, 0.15) is 0 Å². The van der Waals surface area contributed by atoms with Gasteiger partial charge in [-0.3, -0.25) is 9.69 Å². The lowest BCUT2D eigenvalue weighted by atomic mass is 10.0. The van der Waals surface area contributed by atoms with Gasteiger partial charge in [-0.05, 0) is 45.4 Å². The van der Waals surface area contributed by atoms with Crippen LogP contribution in [-0.2, 0) is 11.0 Å². The number of halogens is 4. The van der Waals surface area contributed by atoms with Crippen molar-refractivity contribution in [1.82, 2.24) is 4.90 Å². The van der Waals surface area contributed by atoms with E-state index in [1.807, 2.05) is 25.7 Å². The Morgan fingerprint density at radius 3 is 2.50 bits per heavy atom. The molecule has 1 fully saturated rings. The van der Waals surface area contributed by atoms with Gasteiger partial charge in [0.25, 0.3) is 0 Å². The second kappa shape index (κ2) is 6.54. The van der Waals surface area contributed by atoms with E-state index in [9.17, 15) is 18.0 Å². The Labute approximate surface area is 144 Å². The average molecular weight is 364 g/mol. The topological polar surface area (TPSA) is 58.4 Å². The minimum absolute atomic E-state index is 0.0612. The van der Waals surface area contributed by atoms with Crippen molar-refractivity contribution in [3.8, 4) is 0 Å². The number of nitrogens with one attached hydrogen (secondary N) is 1. The molecule has 1 saturated heterocycles. The van der Waals surface area contributed by atoms with Crippen molar-refractivity contribution in [3.05, 3.63) is 28.8 Å². The number of hydrogen-bond donors (Lipinski definition) is 2. The first-order chi connectivity index (χ1) is 10.9. The molecule has 1 aromatic rings. The van der Waals surface area contributed by atoms with Crippen LogP contribution in [0.1, 0.15) is 32.8 Å². The van der Waals surface area contributed by atoms with Crippen molar-refractivity contribution in [3.63, 3.8) is 0 Å². The molecular formula is C16H21ClF3N3O. The van der Waals surface area contributed by atoms with Crippen LogP contribution in [0.5, 0.6) is 0 Å². The highest BCUT2D eigenvalue weighted by atomic mass is 35.5. The number of carbonyl (C=O) groups excluding carboxylic acids is 1. The number of hydrogen-bond acceptors (Lipinski definition) is 3. The summed E-state index contributed by atoms with van der Waals surface area (Å²) in [5.74, 6) is -0.367. The fraction of sp³-hybridized carbons (Fsp3) is 0.562. The van der Waals surface area contributed by atoms with Crippen LogP contribution in [-0.4, -0.2) is 35.0 Å². The third-order valence-corrected chi connectivity index (χ3v) is 4.37. The van der Waals surface area contributed by atoms with E-state index < -0.39 is 22.8 Å². The lowest BCUT2D eigenvalue weighted by molar-refractivity contribution is -0.137. The zero-order valence-electron chi connectivity index (χ0n) is 13.7. The van der Waals surface area contributed by atoms with Crippen LogP contribution in [0.4, 0.5) is 18.9 Å². The Morgan fingerprint density at radius 2 is 1.96 bits per heavy atom. The molecule has 1 aromatic carbocycles. The van der Waals surface area contributed by atoms with Gasteiger partial charge in [0.2, 0.25) is 5.91 Å². The second-order valence-corrected chi connectivity index (χ2v) is 7.42. The molecule has 2 rings (SSSR count). The van der Waals surface area contributed by atoms with Crippen molar-refractivity contribution in [1.29, 1.82) is 0 Å². The van der Waals surface area contributed by atoms with Crippen molar-refractivity contribution in [2.24, 2.45) is 5.73 Å². The van der Waals surface area contributed by atoms with Gasteiger partial charge in [0.15, 0.2) is 0 Å². The molecular weight excluding hydrogens is 343 g/mol. The summed E-state index contributed by atoms with van der Waals surface area (Å²) in [6, 6.07) is 2.70. The quantitative estimate of drug-likeness (QED) is 0.845. The highest BCUT2D eigenvalue weighted by molar-refractivity contribution is 6.31. The lowest BCUT2D eigenvalue weighted by Crippen LogP contribution is -2.49. The first kappa shape index (κ1) is 19.0. The first-order valence-corrected chi connectivity index (χ1v) is 7.97. The van der Waals surface area contributed by atoms with Crippen LogP contribution < -0.4 is 11.1 Å². The summed E-state index contributed by atoms with van der Waals surface area (Å²) >= 11 is 5.59. The van der Waals surface area contributed by atoms with E-state index in [1.54, 1.807) is 0 Å². The Hall–Kier alpha value is -1.31. The van der Waals surface area contributed by atoms with Gasteiger partial charge in [-0.15, -0.1) is 0 Å². The number of nitrogens with zero attached hydrogens (tertiary/aromatic N) is 1. The Bertz CT molecular complexity index is 628. The Balaban J connectivity index is 2.21. The summed E-state index contributed by atoms with van der Waals surface area (Å²) in [7, 11) is 0. The highest BCUT2D eigenvalue weighted by Crippen LogP contribution is 2.36. The fourth-order valence-corrected chi connectivity index (χ4v) is 3.13. The van der Waals surface area contributed by atoms with Crippen LogP contribution in [0, 0.1) is 0 Å². The predicted octanol–water partition coefficient (Wildman–Crippen LogP) is 3.50. The third kappa shape index (κ3) is 4.20. The monoisotopic (exact) mass is 363 g/mol. The molecule has 4 nitrogen and oxygen atoms in total. The molecule has 1 aliphatic heterocycles. The van der Waals surface area contributed by atoms with Crippen LogP contribution >= 0.6 is 11.6 Å². The van der Waals surface area contributed by atoms with Crippen molar-refractivity contribution < 1.29 is 18.0 Å². The molecule has 134 valence electrons. The number of carbonyl (C=O) groups is 1. The van der Waals surface area contributed by atoms with Crippen LogP contribution in [0.3, 0.4) is 0 Å². The fourth-order valence-electron chi connectivity index (χ4n) is 2.90. The SMILES string of the molecule is CC(C)(C)N1C[C@H](N)C[C@@H]1C(=O)Nc1ccc(Cl)c(C(F)(F)F)c1. The van der Waals surface area contributed by atoms with Gasteiger partial charge >= 0.3 is 6.18 Å². The molecule has 0 bridgehead atoms. The van der Waals surface area contributed by atoms with E-state index in [2.05, 4.69) is 5.32 Å². The van der Waals surface area contributed by atoms with Crippen molar-refractivity contribution >= 4 is 23.2 Å². The third-order valence-electron chi connectivity index (χ3n) is 4.04. The maximum Gasteiger partial charge on any atom is 0.417 e. The molecule has 3 N–H and O–H groups in total. The number of likely N-dealkylation sites (tertiary alicyclic amines) is 1. The summed E-state index contributed by atoms with van der Waals surface area (Å²) in [6.07, 6.45) is -4.12. The molecule has 1 amide bonds. The smallest absolute Gasteiger partial charge is 0.326 e. The van der Waals surface area contributed by atoms with Crippen molar-refractivity contribution in [2.75, 3.05) is 11.9 Å². The van der Waals surface area contributed by atoms with E-state index in [-0.39, 0.29) is 23.2 Å². The Morgan fingerprint density at radius 1 is 1.33 bits per heavy atom. The number of rotatable bonds is 2. The Kier molecular flexibility index (Phi) is 5.18. The molecule has 0 aliphatic carbocycles. The number of nitrogens with two attached hydrogens (primary N) is 1. The summed E-state index contributed by atoms with van der Waals surface area (Å²) in [5.41, 5.74) is 4.77. The van der Waals surface area contributed by atoms with E-state index in [1.165, 1.54) is 6.07 Å². The zero-order valence-corrected chi connectivity index (χ0v) is 14.5. The normalized spacial score (nSPS) is 22.7. The van der Waals surface area contributed by atoms with Gasteiger partial charge in [-0.2, -0.15) is 13.2 Å². The lowest BCUT2D eigenvalue weighted by Gasteiger charge is -2.36. The minimum atomic E-state index is -4.58. The van der Waals surface area contributed by atoms with Gasteiger partial charge < -0.3 is 11.1 Å². The van der Waals surface area contributed by atoms with Crippen LogP contribution in [0.2, 0.25) is 5.02 Å².